The minimum absolute atomic E-state index is 0.00809. The van der Waals surface area contributed by atoms with Crippen molar-refractivity contribution in [2.45, 2.75) is 244 Å². The molecular weight excluding hydrogens is 1880 g/mol. The minimum Gasteiger partial charge on any atom is -0.480 e. The Kier molecular flexibility index (Phi) is 45.1. The van der Waals surface area contributed by atoms with Gasteiger partial charge in [-0.2, -0.15) is 35.3 Å². The van der Waals surface area contributed by atoms with Gasteiger partial charge in [0.15, 0.2) is 12.1 Å². The van der Waals surface area contributed by atoms with Crippen molar-refractivity contribution in [1.29, 1.82) is 5.41 Å². The highest BCUT2D eigenvalue weighted by atomic mass is 32.2. The number of guanidine groups is 1. The van der Waals surface area contributed by atoms with Crippen molar-refractivity contribution in [1.82, 2.24) is 106 Å². The maximum Gasteiger partial charge on any atom is 0.335 e. The van der Waals surface area contributed by atoms with Crippen LogP contribution in [0.4, 0.5) is 0 Å². The summed E-state index contributed by atoms with van der Waals surface area (Å²) in [6.07, 6.45) is -7.12. The van der Waals surface area contributed by atoms with Crippen molar-refractivity contribution in [3.8, 4) is 0 Å². The molecule has 5 aliphatic rings. The lowest BCUT2D eigenvalue weighted by atomic mass is 10.00. The third-order valence-electron chi connectivity index (χ3n) is 22.9. The van der Waals surface area contributed by atoms with E-state index >= 15 is 47.9 Å². The average Bonchev–Trinajstić information content (AvgIpc) is 1.79. The van der Waals surface area contributed by atoms with Crippen molar-refractivity contribution < 1.29 is 121 Å². The van der Waals surface area contributed by atoms with Crippen molar-refractivity contribution in [2.75, 3.05) is 62.3 Å². The van der Waals surface area contributed by atoms with Crippen LogP contribution in [0.3, 0.4) is 0 Å². The van der Waals surface area contributed by atoms with Gasteiger partial charge in [0, 0.05) is 72.4 Å². The molecule has 5 saturated heterocycles. The van der Waals surface area contributed by atoms with Gasteiger partial charge in [-0.05, 0) is 87.3 Å². The molecule has 0 radical (unpaired) electrons. The molecule has 764 valence electrons. The molecular formula is C86H127N25O25S3. The van der Waals surface area contributed by atoms with Gasteiger partial charge in [0.25, 0.3) is 0 Å². The highest BCUT2D eigenvalue weighted by Gasteiger charge is 2.45. The van der Waals surface area contributed by atoms with E-state index in [-0.39, 0.29) is 77.4 Å². The van der Waals surface area contributed by atoms with Crippen LogP contribution in [0.15, 0.2) is 60.7 Å². The van der Waals surface area contributed by atoms with Crippen molar-refractivity contribution in [2.24, 2.45) is 34.8 Å². The molecule has 139 heavy (non-hydrogen) atoms. The number of benzene rings is 2. The average molecular weight is 2010 g/mol. The van der Waals surface area contributed by atoms with Gasteiger partial charge in [-0.25, -0.2) is 9.59 Å². The fourth-order valence-electron chi connectivity index (χ4n) is 15.2. The molecule has 2 aromatic carbocycles. The molecule has 5 fully saturated rings. The number of hydrogen-bond donors (Lipinski definition) is 27. The molecule has 5 heterocycles. The molecule has 1 unspecified atom stereocenters. The number of carbonyl (C=O) groups is 22. The van der Waals surface area contributed by atoms with Gasteiger partial charge in [-0.3, -0.25) is 101 Å². The van der Waals surface area contributed by atoms with Crippen LogP contribution in [-0.2, 0) is 118 Å². The number of nitrogens with two attached hydrogens (primary N) is 4. The van der Waals surface area contributed by atoms with Crippen molar-refractivity contribution in [3.05, 3.63) is 71.8 Å². The van der Waals surface area contributed by atoms with Crippen molar-refractivity contribution >= 4 is 171 Å². The molecule has 20 amide bonds. The lowest BCUT2D eigenvalue weighted by molar-refractivity contribution is -0.152. The smallest absolute Gasteiger partial charge is 0.335 e. The van der Waals surface area contributed by atoms with Crippen LogP contribution < -0.4 is 124 Å². The molecule has 31 N–H and O–H groups in total. The zero-order valence-electron chi connectivity index (χ0n) is 77.5. The SMILES string of the molecule is CC(C)C[C@@H]1NC(=O)[C@@H]2CCCN2C(=O)CNC(=O)[C@H](Cc2ccccc2)NC(=O)[C@@H]2CNCCCC[C@@H](C(=O)O)NC(=O)[C@@H]3NC(=O)[C@H](CC(N)=O)NC(=O)CNC(=O)[C@H]([C@@H](O)C(=O)O)NC(=O)[C@@H]4CSC[C@@H](NC(=O)[C@H](CCC(N)=O)NC(=O)[C@H](CCCNC(=N)N)NC(=O)[C@@H](N)CS[C@H]3C)C(=O)N[C@@H](CS[C@@H](C)[C@@H](NC1=O)C(=O)NC(Cc1ccccc1)C(=O)N[C@@H](C(C)C)C(=O)N4)C(=O)N2. The number of hydrogen-bond acceptors (Lipinski definition) is 29. The summed E-state index contributed by atoms with van der Waals surface area (Å²) >= 11 is 1.83. The maximum atomic E-state index is 16.1. The van der Waals surface area contributed by atoms with E-state index in [2.05, 4.69) is 90.4 Å². The number of aliphatic carboxylic acids is 2. The van der Waals surface area contributed by atoms with E-state index in [1.54, 1.807) is 74.5 Å². The lowest BCUT2D eigenvalue weighted by Gasteiger charge is -2.32. The van der Waals surface area contributed by atoms with E-state index in [0.717, 1.165) is 0 Å². The molecule has 6 bridgehead atoms. The fraction of sp³-hybridized carbons (Fsp3) is 0.593. The first-order valence-electron chi connectivity index (χ1n) is 45.3. The zero-order valence-corrected chi connectivity index (χ0v) is 80.0. The van der Waals surface area contributed by atoms with Crippen LogP contribution in [0.1, 0.15) is 123 Å². The van der Waals surface area contributed by atoms with Crippen LogP contribution >= 0.6 is 35.3 Å². The number of fused-ring (bicyclic) bond motifs is 22. The molecule has 0 saturated carbocycles. The number of rotatable bonds is 19. The number of carboxylic acid groups (broad SMARTS) is 2. The molecule has 0 aromatic heterocycles. The molecule has 53 heteroatoms. The first-order valence-corrected chi connectivity index (χ1v) is 48.6. The number of primary amides is 2. The van der Waals surface area contributed by atoms with Crippen molar-refractivity contribution in [3.63, 3.8) is 0 Å². The Bertz CT molecular complexity index is 4780. The first-order chi connectivity index (χ1) is 65.8. The summed E-state index contributed by atoms with van der Waals surface area (Å²) in [5.74, 6) is -33.4. The first kappa shape index (κ1) is 113. The maximum absolute atomic E-state index is 16.1. The van der Waals surface area contributed by atoms with Gasteiger partial charge in [0.1, 0.15) is 96.7 Å². The summed E-state index contributed by atoms with van der Waals surface area (Å²) < 4.78 is 0. The van der Waals surface area contributed by atoms with Crippen LogP contribution in [0.5, 0.6) is 0 Å². The second-order valence-corrected chi connectivity index (χ2v) is 38.7. The molecule has 0 spiro atoms. The third kappa shape index (κ3) is 36.4. The number of nitrogens with one attached hydrogen (secondary N) is 20. The fourth-order valence-corrected chi connectivity index (χ4v) is 18.5. The summed E-state index contributed by atoms with van der Waals surface area (Å²) in [7, 11) is 0. The standard InChI is InChI=1S/C86H127N25O25S3/c1-40(2)29-50-72(121)108-65-43(6)139-39-57-77(126)103-54(75(124)100-51(30-44-17-9-7-10-18-44)69(118)95-35-62(115)111-28-16-23-58(111)79(128)101-50)33-92-26-14-13-21-49(84(133)134)99-82(131)64-42(5)138-36-46(87)68(117)97-47(22-15-27-93-86(90)91)70(119)98-48(24-25-59(88)112)71(120)104-55(76(125)105-57)37-137-38-56(106-81(130)63(41(3)4)107-73(122)52(102-83(65)132)31-45-19-11-8-12-20-45)78(127)110-66(67(116)85(135)136)80(129)94-34-61(114)96-53(32-60(89)113)74(123)109-64/h7-12,17-20,40-43,46-58,63-67,92,116H,13-16,21-39,87H2,1-6H3,(H2,88,112)(H2,89,113)(H,94,129)(H,95,118)(H,96,114)(H,97,117)(H,98,119)(H,99,131)(H,100,124)(H,101,128)(H,102,132)(H,103,126)(H,104,120)(H,105,125)(H,106,130)(H,107,122)(H,108,121)(H,109,123)(H,110,127)(H,133,134)(H,135,136)(H4,90,91,93)/t42-,43-,46-,47-,48-,49-,50-,51-,52?,53-,54-,55+,56-,57-,58-,63-,64+,65+,66-,67+/m0/s1. The summed E-state index contributed by atoms with van der Waals surface area (Å²) in [6, 6.07) is -16.3. The van der Waals surface area contributed by atoms with E-state index in [1.165, 1.54) is 32.6 Å². The van der Waals surface area contributed by atoms with E-state index in [0.29, 0.717) is 46.4 Å². The Balaban J connectivity index is 1.57. The van der Waals surface area contributed by atoms with Crippen LogP contribution in [-0.4, -0.2) is 338 Å². The van der Waals surface area contributed by atoms with Gasteiger partial charge in [-0.15, -0.1) is 0 Å². The van der Waals surface area contributed by atoms with Gasteiger partial charge in [0.05, 0.1) is 25.6 Å². The second kappa shape index (κ2) is 55.5. The number of aliphatic hydroxyl groups is 1. The van der Waals surface area contributed by atoms with E-state index in [1.807, 2.05) is 10.6 Å². The second-order valence-electron chi connectivity index (χ2n) is 34.8. The number of aliphatic hydroxyl groups excluding tert-OH is 1. The number of nitrogens with zero attached hydrogens (tertiary/aromatic N) is 1. The molecule has 0 aliphatic carbocycles. The summed E-state index contributed by atoms with van der Waals surface area (Å²) in [5.41, 5.74) is 24.2. The van der Waals surface area contributed by atoms with Crippen LogP contribution in [0.2, 0.25) is 0 Å². The van der Waals surface area contributed by atoms with E-state index < -0.39 is 336 Å². The van der Waals surface area contributed by atoms with Gasteiger partial charge < -0.3 is 144 Å². The highest BCUT2D eigenvalue weighted by molar-refractivity contribution is 8.00. The van der Waals surface area contributed by atoms with E-state index in [9.17, 15) is 72.9 Å². The number of carbonyl (C=O) groups excluding carboxylic acids is 20. The van der Waals surface area contributed by atoms with Crippen LogP contribution in [0.25, 0.3) is 0 Å². The van der Waals surface area contributed by atoms with E-state index in [4.69, 9.17) is 28.3 Å². The van der Waals surface area contributed by atoms with Crippen LogP contribution in [0, 0.1) is 17.2 Å². The van der Waals surface area contributed by atoms with Gasteiger partial charge in [0.2, 0.25) is 118 Å². The molecule has 20 atom stereocenters. The quantitative estimate of drug-likeness (QED) is 0.0269. The van der Waals surface area contributed by atoms with Gasteiger partial charge in [-0.1, -0.05) is 102 Å². The lowest BCUT2D eigenvalue weighted by Crippen LogP contribution is -2.64. The summed E-state index contributed by atoms with van der Waals surface area (Å²) in [4.78, 5) is 325. The minimum atomic E-state index is -2.98. The summed E-state index contributed by atoms with van der Waals surface area (Å²) in [5, 5.41) is 85.0. The molecule has 7 rings (SSSR count). The predicted molar refractivity (Wildman–Crippen MR) is 503 cm³/mol. The highest BCUT2D eigenvalue weighted by Crippen LogP contribution is 2.24. The topological polar surface area (TPSA) is 796 Å². The molecule has 50 nitrogen and oxygen atoms in total. The Hall–Kier alpha value is -13.0. The Morgan fingerprint density at radius 2 is 0.971 bits per heavy atom. The zero-order chi connectivity index (χ0) is 103. The third-order valence-corrected chi connectivity index (χ3v) is 26.7. The normalized spacial score (nSPS) is 28.4. The summed E-state index contributed by atoms with van der Waals surface area (Å²) in [6.45, 7) is 5.90. The monoisotopic (exact) mass is 2010 g/mol. The Labute approximate surface area is 812 Å². The van der Waals surface area contributed by atoms with Gasteiger partial charge >= 0.3 is 11.9 Å². The molecule has 2 aromatic rings. The number of amides is 20. The Morgan fingerprint density at radius 3 is 1.55 bits per heavy atom. The molecule has 5 aliphatic heterocycles. The number of carboxylic acids is 2. The predicted octanol–water partition coefficient (Wildman–Crippen LogP) is -10.3. The Morgan fingerprint density at radius 1 is 0.482 bits per heavy atom. The largest absolute Gasteiger partial charge is 0.480 e. The number of thioether (sulfide) groups is 3.